The Balaban J connectivity index is 1.24. The number of nitrogens with one attached hydrogen (secondary N) is 1. The second-order valence-electron chi connectivity index (χ2n) is 12.0. The van der Waals surface area contributed by atoms with Crippen molar-refractivity contribution in [1.29, 1.82) is 0 Å². The minimum absolute atomic E-state index is 0.0389. The summed E-state index contributed by atoms with van der Waals surface area (Å²) in [7, 11) is 1.79. The summed E-state index contributed by atoms with van der Waals surface area (Å²) in [5.41, 5.74) is 0.399. The van der Waals surface area contributed by atoms with Crippen molar-refractivity contribution in [1.82, 2.24) is 9.88 Å². The predicted molar refractivity (Wildman–Crippen MR) is 164 cm³/mol. The summed E-state index contributed by atoms with van der Waals surface area (Å²) in [4.78, 5) is 53.4. The van der Waals surface area contributed by atoms with Crippen LogP contribution in [0, 0.1) is 11.6 Å². The molecule has 238 valence electrons. The van der Waals surface area contributed by atoms with Crippen LogP contribution in [0.25, 0.3) is 10.9 Å². The van der Waals surface area contributed by atoms with Crippen molar-refractivity contribution in [3.05, 3.63) is 63.9 Å². The number of hydrogen-bond donors (Lipinski definition) is 2. The van der Waals surface area contributed by atoms with Crippen LogP contribution in [-0.4, -0.2) is 73.0 Å². The molecule has 3 fully saturated rings. The fraction of sp³-hybridized carbons (Fsp3) is 0.438. The van der Waals surface area contributed by atoms with Crippen LogP contribution in [0.15, 0.2) is 41.3 Å². The maximum Gasteiger partial charge on any atom is 0.414 e. The molecule has 0 bridgehead atoms. The maximum absolute atomic E-state index is 15.7. The molecule has 2 unspecified atom stereocenters. The highest BCUT2D eigenvalue weighted by atomic mass is 19.1. The summed E-state index contributed by atoms with van der Waals surface area (Å²) in [6.07, 6.45) is 4.26. The molecule has 45 heavy (non-hydrogen) atoms. The lowest BCUT2D eigenvalue weighted by atomic mass is 10.1. The number of aromatic nitrogens is 1. The Morgan fingerprint density at radius 2 is 1.84 bits per heavy atom. The summed E-state index contributed by atoms with van der Waals surface area (Å²) < 4.78 is 38.3. The van der Waals surface area contributed by atoms with E-state index in [2.05, 4.69) is 5.32 Å². The fourth-order valence-electron chi connectivity index (χ4n) is 6.31. The largest absolute Gasteiger partial charge is 0.477 e. The van der Waals surface area contributed by atoms with Crippen LogP contribution < -0.4 is 25.4 Å². The Hall–Kier alpha value is -4.68. The fourth-order valence-corrected chi connectivity index (χ4v) is 6.31. The van der Waals surface area contributed by atoms with Gasteiger partial charge in [0.2, 0.25) is 11.3 Å². The molecule has 3 heterocycles. The van der Waals surface area contributed by atoms with E-state index in [1.54, 1.807) is 29.8 Å². The lowest BCUT2D eigenvalue weighted by molar-refractivity contribution is -0.119. The standard InChI is InChI=1S/C32H35F2N5O6/c1-18(40)35-14-22-16-39(32(44)45-22)20-8-9-27(25(33)11-20)36(2)21-5-3-4-10-37(15-21)29-13-28-23(12-26(29)34)30(41)24(31(42)43)17-38(28)19-6-7-19/h8-9,11-13,17,19,21-22H,3-7,10,14-16H2,1-2H3,(H,35,40)(H,42,43). The number of rotatable bonds is 8. The molecule has 0 radical (unpaired) electrons. The molecule has 6 rings (SSSR count). The van der Waals surface area contributed by atoms with Gasteiger partial charge in [0.25, 0.3) is 0 Å². The molecule has 13 heteroatoms. The number of benzene rings is 2. The van der Waals surface area contributed by atoms with Crippen LogP contribution in [0.3, 0.4) is 0 Å². The minimum atomic E-state index is -1.34. The smallest absolute Gasteiger partial charge is 0.414 e. The summed E-state index contributed by atoms with van der Waals surface area (Å²) in [5, 5.41) is 12.2. The number of nitrogens with zero attached hydrogens (tertiary/aromatic N) is 4. The van der Waals surface area contributed by atoms with Crippen LogP contribution >= 0.6 is 0 Å². The molecule has 1 aromatic heterocycles. The number of ether oxygens (including phenoxy) is 1. The Labute approximate surface area is 258 Å². The number of fused-ring (bicyclic) bond motifs is 1. The van der Waals surface area contributed by atoms with E-state index in [-0.39, 0.29) is 42.0 Å². The molecule has 11 nitrogen and oxygen atoms in total. The molecule has 3 aliphatic rings. The number of aromatic carboxylic acids is 1. The third kappa shape index (κ3) is 6.03. The van der Waals surface area contributed by atoms with Crippen LogP contribution in [0.5, 0.6) is 0 Å². The van der Waals surface area contributed by atoms with Crippen LogP contribution in [0.4, 0.5) is 30.6 Å². The molecule has 2 aliphatic heterocycles. The first-order valence-electron chi connectivity index (χ1n) is 15.1. The van der Waals surface area contributed by atoms with Gasteiger partial charge in [0.15, 0.2) is 0 Å². The van der Waals surface area contributed by atoms with E-state index in [1.807, 2.05) is 9.80 Å². The summed E-state index contributed by atoms with van der Waals surface area (Å²) in [5.74, 6) is -2.72. The minimum Gasteiger partial charge on any atom is -0.477 e. The number of carbonyl (C=O) groups excluding carboxylic acids is 2. The van der Waals surface area contributed by atoms with Gasteiger partial charge in [-0.15, -0.1) is 0 Å². The SMILES string of the molecule is CC(=O)NCC1CN(c2ccc(N(C)C3CCCCN(c4cc5c(cc4F)c(=O)c(C(=O)O)cn5C4CC4)C3)c(F)c2)C(=O)O1. The summed E-state index contributed by atoms with van der Waals surface area (Å²) in [6.45, 7) is 2.67. The Morgan fingerprint density at radius 1 is 1.07 bits per heavy atom. The number of carboxylic acid groups (broad SMARTS) is 1. The highest BCUT2D eigenvalue weighted by Gasteiger charge is 2.34. The molecule has 3 aromatic rings. The molecule has 2 aromatic carbocycles. The Bertz CT molecular complexity index is 1740. The van der Waals surface area contributed by atoms with Crippen molar-refractivity contribution >= 4 is 45.9 Å². The lowest BCUT2D eigenvalue weighted by Crippen LogP contribution is -2.42. The molecule has 2 N–H and O–H groups in total. The first kappa shape index (κ1) is 30.4. The molecule has 1 saturated carbocycles. The molecule has 2 saturated heterocycles. The van der Waals surface area contributed by atoms with E-state index in [4.69, 9.17) is 4.74 Å². The second kappa shape index (κ2) is 12.0. The van der Waals surface area contributed by atoms with Crippen molar-refractivity contribution < 1.29 is 33.0 Å². The van der Waals surface area contributed by atoms with E-state index in [9.17, 15) is 24.3 Å². The maximum atomic E-state index is 15.7. The number of halogens is 2. The molecule has 0 spiro atoms. The highest BCUT2D eigenvalue weighted by Crippen LogP contribution is 2.39. The molecule has 2 atom stereocenters. The van der Waals surface area contributed by atoms with Gasteiger partial charge < -0.3 is 29.5 Å². The van der Waals surface area contributed by atoms with E-state index >= 15 is 8.78 Å². The monoisotopic (exact) mass is 623 g/mol. The highest BCUT2D eigenvalue weighted by molar-refractivity contribution is 5.94. The number of carboxylic acids is 1. The van der Waals surface area contributed by atoms with E-state index < -0.39 is 35.2 Å². The number of hydrogen-bond acceptors (Lipinski definition) is 7. The second-order valence-corrected chi connectivity index (χ2v) is 12.0. The van der Waals surface area contributed by atoms with E-state index in [1.165, 1.54) is 24.1 Å². The lowest BCUT2D eigenvalue weighted by Gasteiger charge is -2.34. The number of anilines is 3. The van der Waals surface area contributed by atoms with Crippen LogP contribution in [0.2, 0.25) is 0 Å². The van der Waals surface area contributed by atoms with Crippen molar-refractivity contribution in [3.63, 3.8) is 0 Å². The molecular weight excluding hydrogens is 588 g/mol. The van der Waals surface area contributed by atoms with Crippen molar-refractivity contribution in [2.24, 2.45) is 0 Å². The third-order valence-electron chi connectivity index (χ3n) is 8.88. The number of carbonyl (C=O) groups is 3. The van der Waals surface area contributed by atoms with Gasteiger partial charge in [0.1, 0.15) is 23.3 Å². The number of cyclic esters (lactones) is 1. The van der Waals surface area contributed by atoms with E-state index in [0.717, 1.165) is 38.2 Å². The molecule has 2 amide bonds. The number of pyridine rings is 1. The zero-order valence-corrected chi connectivity index (χ0v) is 25.1. The summed E-state index contributed by atoms with van der Waals surface area (Å²) >= 11 is 0. The normalized spacial score (nSPS) is 20.2. The van der Waals surface area contributed by atoms with Crippen molar-refractivity contribution in [2.45, 2.75) is 57.2 Å². The average molecular weight is 624 g/mol. The summed E-state index contributed by atoms with van der Waals surface area (Å²) in [6, 6.07) is 7.21. The Morgan fingerprint density at radius 3 is 2.53 bits per heavy atom. The van der Waals surface area contributed by atoms with Crippen molar-refractivity contribution in [2.75, 3.05) is 47.9 Å². The quantitative estimate of drug-likeness (QED) is 0.382. The predicted octanol–water partition coefficient (Wildman–Crippen LogP) is 4.27. The number of likely N-dealkylation sites (N-methyl/N-ethyl adjacent to an activating group) is 1. The first-order chi connectivity index (χ1) is 21.5. The topological polar surface area (TPSA) is 124 Å². The van der Waals surface area contributed by atoms with Gasteiger partial charge >= 0.3 is 12.1 Å². The number of amides is 2. The zero-order valence-electron chi connectivity index (χ0n) is 25.1. The van der Waals surface area contributed by atoms with Gasteiger partial charge in [-0.3, -0.25) is 14.5 Å². The first-order valence-corrected chi connectivity index (χ1v) is 15.1. The zero-order chi connectivity index (χ0) is 32.0. The van der Waals surface area contributed by atoms with Crippen LogP contribution in [0.1, 0.15) is 55.4 Å². The van der Waals surface area contributed by atoms with E-state index in [0.29, 0.717) is 35.7 Å². The third-order valence-corrected chi connectivity index (χ3v) is 8.88. The average Bonchev–Trinajstić information content (AvgIpc) is 3.81. The molecular formula is C32H35F2N5O6. The van der Waals surface area contributed by atoms with Gasteiger partial charge in [-0.25, -0.2) is 18.4 Å². The van der Waals surface area contributed by atoms with Gasteiger partial charge in [0, 0.05) is 50.7 Å². The van der Waals surface area contributed by atoms with Gasteiger partial charge in [-0.1, -0.05) is 0 Å². The molecule has 1 aliphatic carbocycles. The van der Waals surface area contributed by atoms with Crippen molar-refractivity contribution in [3.8, 4) is 0 Å². The van der Waals surface area contributed by atoms with Gasteiger partial charge in [-0.2, -0.15) is 0 Å². The Kier molecular flexibility index (Phi) is 8.10. The van der Waals surface area contributed by atoms with Gasteiger partial charge in [-0.05, 0) is 62.4 Å². The van der Waals surface area contributed by atoms with Crippen LogP contribution in [-0.2, 0) is 9.53 Å². The van der Waals surface area contributed by atoms with Gasteiger partial charge in [0.05, 0.1) is 35.7 Å².